The maximum atomic E-state index is 11.6. The monoisotopic (exact) mass is 263 g/mol. The van der Waals surface area contributed by atoms with Gasteiger partial charge in [0.05, 0.1) is 6.04 Å². The lowest BCUT2D eigenvalue weighted by Gasteiger charge is -2.20. The number of amides is 1. The quantitative estimate of drug-likeness (QED) is 0.735. The summed E-state index contributed by atoms with van der Waals surface area (Å²) in [5.41, 5.74) is 6.96. The summed E-state index contributed by atoms with van der Waals surface area (Å²) >= 11 is 0. The first-order valence-electron chi connectivity index (χ1n) is 6.82. The van der Waals surface area contributed by atoms with E-state index in [1.165, 1.54) is 5.69 Å². The molecule has 0 bridgehead atoms. The van der Waals surface area contributed by atoms with Crippen molar-refractivity contribution in [1.82, 2.24) is 5.32 Å². The number of carbonyl (C=O) groups excluding carboxylic acids is 1. The summed E-state index contributed by atoms with van der Waals surface area (Å²) in [6.07, 6.45) is 0.905. The van der Waals surface area contributed by atoms with Crippen molar-refractivity contribution in [2.24, 2.45) is 11.7 Å². The second-order valence-electron chi connectivity index (χ2n) is 5.17. The predicted molar refractivity (Wildman–Crippen MR) is 80.2 cm³/mol. The molecule has 4 heteroatoms. The molecule has 0 aliphatic heterocycles. The number of nitrogens with one attached hydrogen (secondary N) is 1. The van der Waals surface area contributed by atoms with Gasteiger partial charge >= 0.3 is 0 Å². The van der Waals surface area contributed by atoms with Gasteiger partial charge in [0.25, 0.3) is 0 Å². The van der Waals surface area contributed by atoms with Crippen LogP contribution in [0.4, 0.5) is 5.69 Å². The van der Waals surface area contributed by atoms with Gasteiger partial charge in [-0.25, -0.2) is 0 Å². The molecule has 0 saturated heterocycles. The van der Waals surface area contributed by atoms with E-state index in [1.54, 1.807) is 0 Å². The summed E-state index contributed by atoms with van der Waals surface area (Å²) in [6, 6.07) is 9.79. The molecule has 0 aliphatic carbocycles. The summed E-state index contributed by atoms with van der Waals surface area (Å²) in [6.45, 7) is 5.47. The van der Waals surface area contributed by atoms with Crippen LogP contribution in [0.3, 0.4) is 0 Å². The Bertz CT molecular complexity index is 378. The highest BCUT2D eigenvalue weighted by Crippen LogP contribution is 2.10. The minimum atomic E-state index is -0.410. The molecule has 0 saturated carbocycles. The first kappa shape index (κ1) is 15.5. The van der Waals surface area contributed by atoms with Crippen molar-refractivity contribution < 1.29 is 4.79 Å². The molecule has 0 fully saturated rings. The van der Waals surface area contributed by atoms with Crippen molar-refractivity contribution in [3.63, 3.8) is 0 Å². The van der Waals surface area contributed by atoms with E-state index in [4.69, 9.17) is 5.73 Å². The molecule has 0 radical (unpaired) electrons. The Morgan fingerprint density at radius 1 is 1.32 bits per heavy atom. The third-order valence-electron chi connectivity index (χ3n) is 3.19. The number of anilines is 1. The molecule has 106 valence electrons. The van der Waals surface area contributed by atoms with E-state index in [1.807, 2.05) is 32.0 Å². The average molecular weight is 263 g/mol. The Balaban J connectivity index is 2.23. The number of hydrogen-bond donors (Lipinski definition) is 2. The Kier molecular flexibility index (Phi) is 6.36. The van der Waals surface area contributed by atoms with Crippen molar-refractivity contribution in [2.45, 2.75) is 26.3 Å². The molecule has 0 heterocycles. The van der Waals surface area contributed by atoms with E-state index in [2.05, 4.69) is 29.4 Å². The van der Waals surface area contributed by atoms with Gasteiger partial charge in [0.2, 0.25) is 5.91 Å². The summed E-state index contributed by atoms with van der Waals surface area (Å²) in [5.74, 6) is 0.115. The Morgan fingerprint density at radius 2 is 1.95 bits per heavy atom. The topological polar surface area (TPSA) is 58.4 Å². The fourth-order valence-corrected chi connectivity index (χ4v) is 1.76. The predicted octanol–water partition coefficient (Wildman–Crippen LogP) is 1.61. The second kappa shape index (κ2) is 7.79. The van der Waals surface area contributed by atoms with Crippen LogP contribution in [-0.4, -0.2) is 32.1 Å². The zero-order valence-electron chi connectivity index (χ0n) is 12.1. The fraction of sp³-hybridized carbons (Fsp3) is 0.533. The minimum absolute atomic E-state index is 0.0580. The molecule has 4 nitrogen and oxygen atoms in total. The third kappa shape index (κ3) is 5.30. The first-order chi connectivity index (χ1) is 9.02. The molecular formula is C15H25N3O. The molecule has 0 spiro atoms. The Labute approximate surface area is 116 Å². The molecule has 1 aromatic rings. The van der Waals surface area contributed by atoms with Gasteiger partial charge in [-0.1, -0.05) is 32.0 Å². The number of para-hydroxylation sites is 1. The SMILES string of the molecule is CC(C)C(N)C(=O)NCCCN(C)c1ccccc1. The molecule has 1 aromatic carbocycles. The number of nitrogens with two attached hydrogens (primary N) is 1. The highest BCUT2D eigenvalue weighted by atomic mass is 16.2. The smallest absolute Gasteiger partial charge is 0.237 e. The van der Waals surface area contributed by atoms with Crippen LogP contribution in [0.25, 0.3) is 0 Å². The van der Waals surface area contributed by atoms with Crippen LogP contribution in [0, 0.1) is 5.92 Å². The molecule has 19 heavy (non-hydrogen) atoms. The van der Waals surface area contributed by atoms with Crippen molar-refractivity contribution in [3.8, 4) is 0 Å². The number of carbonyl (C=O) groups is 1. The molecule has 0 aromatic heterocycles. The highest BCUT2D eigenvalue weighted by Gasteiger charge is 2.16. The summed E-state index contributed by atoms with van der Waals surface area (Å²) in [4.78, 5) is 13.8. The van der Waals surface area contributed by atoms with Gasteiger partial charge in [0.15, 0.2) is 0 Å². The molecular weight excluding hydrogens is 238 g/mol. The molecule has 1 amide bonds. The van der Waals surface area contributed by atoms with E-state index >= 15 is 0 Å². The number of hydrogen-bond acceptors (Lipinski definition) is 3. The summed E-state index contributed by atoms with van der Waals surface area (Å²) < 4.78 is 0. The average Bonchev–Trinajstić information content (AvgIpc) is 2.43. The maximum Gasteiger partial charge on any atom is 0.237 e. The minimum Gasteiger partial charge on any atom is -0.375 e. The standard InChI is InChI=1S/C15H25N3O/c1-12(2)14(16)15(19)17-10-7-11-18(3)13-8-5-4-6-9-13/h4-6,8-9,12,14H,7,10-11,16H2,1-3H3,(H,17,19). The Hall–Kier alpha value is -1.55. The molecule has 0 aliphatic rings. The van der Waals surface area contributed by atoms with Crippen LogP contribution in [0.1, 0.15) is 20.3 Å². The van der Waals surface area contributed by atoms with Crippen molar-refractivity contribution in [3.05, 3.63) is 30.3 Å². The zero-order chi connectivity index (χ0) is 14.3. The normalized spacial score (nSPS) is 12.3. The summed E-state index contributed by atoms with van der Waals surface area (Å²) in [7, 11) is 2.05. The van der Waals surface area contributed by atoms with Crippen LogP contribution in [0.5, 0.6) is 0 Å². The molecule has 1 rings (SSSR count). The summed E-state index contributed by atoms with van der Waals surface area (Å²) in [5, 5.41) is 2.88. The molecule has 1 atom stereocenters. The van der Waals surface area contributed by atoms with Gasteiger partial charge in [-0.05, 0) is 24.5 Å². The van der Waals surface area contributed by atoms with Gasteiger partial charge in [-0.2, -0.15) is 0 Å². The van der Waals surface area contributed by atoms with Gasteiger partial charge < -0.3 is 16.0 Å². The van der Waals surface area contributed by atoms with Gasteiger partial charge in [0.1, 0.15) is 0 Å². The van der Waals surface area contributed by atoms with Crippen LogP contribution < -0.4 is 16.0 Å². The van der Waals surface area contributed by atoms with Crippen molar-refractivity contribution >= 4 is 11.6 Å². The van der Waals surface area contributed by atoms with E-state index in [9.17, 15) is 4.79 Å². The van der Waals surface area contributed by atoms with Gasteiger partial charge in [-0.3, -0.25) is 4.79 Å². The van der Waals surface area contributed by atoms with Crippen LogP contribution in [-0.2, 0) is 4.79 Å². The fourth-order valence-electron chi connectivity index (χ4n) is 1.76. The van der Waals surface area contributed by atoms with Crippen LogP contribution in [0.2, 0.25) is 0 Å². The molecule has 1 unspecified atom stereocenters. The Morgan fingerprint density at radius 3 is 2.53 bits per heavy atom. The lowest BCUT2D eigenvalue weighted by atomic mass is 10.1. The van der Waals surface area contributed by atoms with Crippen molar-refractivity contribution in [2.75, 3.05) is 25.0 Å². The second-order valence-corrected chi connectivity index (χ2v) is 5.17. The third-order valence-corrected chi connectivity index (χ3v) is 3.19. The number of rotatable bonds is 7. The van der Waals surface area contributed by atoms with Crippen molar-refractivity contribution in [1.29, 1.82) is 0 Å². The molecule has 3 N–H and O–H groups in total. The van der Waals surface area contributed by atoms with E-state index < -0.39 is 6.04 Å². The van der Waals surface area contributed by atoms with Crippen LogP contribution in [0.15, 0.2) is 30.3 Å². The lowest BCUT2D eigenvalue weighted by Crippen LogP contribution is -2.44. The van der Waals surface area contributed by atoms with Gasteiger partial charge in [0, 0.05) is 25.8 Å². The zero-order valence-corrected chi connectivity index (χ0v) is 12.1. The largest absolute Gasteiger partial charge is 0.375 e. The van der Waals surface area contributed by atoms with E-state index in [0.717, 1.165) is 13.0 Å². The van der Waals surface area contributed by atoms with E-state index in [0.29, 0.717) is 6.54 Å². The highest BCUT2D eigenvalue weighted by molar-refractivity contribution is 5.81. The van der Waals surface area contributed by atoms with E-state index in [-0.39, 0.29) is 11.8 Å². The number of benzene rings is 1. The number of nitrogens with zero attached hydrogens (tertiary/aromatic N) is 1. The van der Waals surface area contributed by atoms with Crippen LogP contribution >= 0.6 is 0 Å². The lowest BCUT2D eigenvalue weighted by molar-refractivity contribution is -0.123. The first-order valence-corrected chi connectivity index (χ1v) is 6.82. The van der Waals surface area contributed by atoms with Gasteiger partial charge in [-0.15, -0.1) is 0 Å². The maximum absolute atomic E-state index is 11.6.